The van der Waals surface area contributed by atoms with Gasteiger partial charge in [0.05, 0.1) is 5.52 Å². The zero-order valence-corrected chi connectivity index (χ0v) is 14.6. The van der Waals surface area contributed by atoms with Gasteiger partial charge in [0, 0.05) is 29.4 Å². The maximum absolute atomic E-state index is 11.9. The maximum atomic E-state index is 11.9. The lowest BCUT2D eigenvalue weighted by molar-refractivity contribution is -0.121. The van der Waals surface area contributed by atoms with E-state index < -0.39 is 0 Å². The van der Waals surface area contributed by atoms with Crippen molar-refractivity contribution in [2.45, 2.75) is 13.0 Å². The molecule has 0 saturated heterocycles. The Morgan fingerprint density at radius 3 is 2.75 bits per heavy atom. The molecule has 0 fully saturated rings. The van der Waals surface area contributed by atoms with Crippen LogP contribution in [0.4, 0.5) is 5.82 Å². The molecular formula is C18H17BrN4O. The van der Waals surface area contributed by atoms with Crippen LogP contribution in [0, 0.1) is 0 Å². The standard InChI is InChI=1S/C18H17BrN4O/c19-14-6-7-16-15(10-14)18(23-12-22-16)20-9-8-17(24)21-11-13-4-2-1-3-5-13/h1-7,10,12H,8-9,11H2,(H,21,24)(H,20,22,23). The van der Waals surface area contributed by atoms with Crippen LogP contribution in [0.5, 0.6) is 0 Å². The van der Waals surface area contributed by atoms with E-state index in [0.717, 1.165) is 26.8 Å². The molecule has 6 heteroatoms. The Bertz CT molecular complexity index is 839. The summed E-state index contributed by atoms with van der Waals surface area (Å²) in [6.45, 7) is 1.06. The Morgan fingerprint density at radius 1 is 1.08 bits per heavy atom. The van der Waals surface area contributed by atoms with Gasteiger partial charge in [-0.15, -0.1) is 0 Å². The summed E-state index contributed by atoms with van der Waals surface area (Å²) in [5, 5.41) is 7.05. The predicted octanol–water partition coefficient (Wildman–Crippen LogP) is 3.51. The van der Waals surface area contributed by atoms with Crippen LogP contribution in [0.1, 0.15) is 12.0 Å². The Morgan fingerprint density at radius 2 is 1.92 bits per heavy atom. The van der Waals surface area contributed by atoms with Crippen LogP contribution in [0.2, 0.25) is 0 Å². The van der Waals surface area contributed by atoms with E-state index in [9.17, 15) is 4.79 Å². The van der Waals surface area contributed by atoms with E-state index >= 15 is 0 Å². The third-order valence-corrected chi connectivity index (χ3v) is 4.07. The van der Waals surface area contributed by atoms with Crippen LogP contribution >= 0.6 is 15.9 Å². The van der Waals surface area contributed by atoms with Crippen LogP contribution < -0.4 is 10.6 Å². The molecule has 0 aliphatic carbocycles. The first kappa shape index (κ1) is 16.4. The number of hydrogen-bond acceptors (Lipinski definition) is 4. The molecule has 3 rings (SSSR count). The summed E-state index contributed by atoms with van der Waals surface area (Å²) in [6.07, 6.45) is 1.90. The largest absolute Gasteiger partial charge is 0.369 e. The Kier molecular flexibility index (Phi) is 5.38. The van der Waals surface area contributed by atoms with E-state index in [1.165, 1.54) is 6.33 Å². The van der Waals surface area contributed by atoms with Crippen molar-refractivity contribution in [2.75, 3.05) is 11.9 Å². The van der Waals surface area contributed by atoms with Gasteiger partial charge in [-0.2, -0.15) is 0 Å². The fourth-order valence-electron chi connectivity index (χ4n) is 2.35. The average molecular weight is 385 g/mol. The lowest BCUT2D eigenvalue weighted by Crippen LogP contribution is -2.25. The van der Waals surface area contributed by atoms with Crippen LogP contribution in [-0.4, -0.2) is 22.4 Å². The van der Waals surface area contributed by atoms with Crippen molar-refractivity contribution in [3.8, 4) is 0 Å². The third kappa shape index (κ3) is 4.29. The van der Waals surface area contributed by atoms with Crippen molar-refractivity contribution >= 4 is 38.6 Å². The second-order valence-corrected chi connectivity index (χ2v) is 6.24. The van der Waals surface area contributed by atoms with Crippen molar-refractivity contribution in [3.05, 3.63) is 64.9 Å². The molecule has 0 spiro atoms. The second-order valence-electron chi connectivity index (χ2n) is 5.32. The molecule has 0 saturated carbocycles. The number of fused-ring (bicyclic) bond motifs is 1. The number of benzene rings is 2. The summed E-state index contributed by atoms with van der Waals surface area (Å²) >= 11 is 3.45. The molecule has 122 valence electrons. The number of nitrogens with zero attached hydrogens (tertiary/aromatic N) is 2. The molecule has 5 nitrogen and oxygen atoms in total. The van der Waals surface area contributed by atoms with Crippen molar-refractivity contribution in [1.82, 2.24) is 15.3 Å². The number of amides is 1. The quantitative estimate of drug-likeness (QED) is 0.682. The topological polar surface area (TPSA) is 66.9 Å². The van der Waals surface area contributed by atoms with E-state index in [0.29, 0.717) is 19.5 Å². The number of carbonyl (C=O) groups excluding carboxylic acids is 1. The molecule has 0 radical (unpaired) electrons. The highest BCUT2D eigenvalue weighted by molar-refractivity contribution is 9.10. The van der Waals surface area contributed by atoms with Gasteiger partial charge >= 0.3 is 0 Å². The molecular weight excluding hydrogens is 368 g/mol. The number of aromatic nitrogens is 2. The van der Waals surface area contributed by atoms with Gasteiger partial charge in [0.2, 0.25) is 5.91 Å². The zero-order valence-electron chi connectivity index (χ0n) is 13.0. The maximum Gasteiger partial charge on any atom is 0.222 e. The molecule has 1 heterocycles. The van der Waals surface area contributed by atoms with Crippen molar-refractivity contribution < 1.29 is 4.79 Å². The van der Waals surface area contributed by atoms with Crippen molar-refractivity contribution in [1.29, 1.82) is 0 Å². The Hall–Kier alpha value is -2.47. The highest BCUT2D eigenvalue weighted by Crippen LogP contribution is 2.23. The third-order valence-electron chi connectivity index (χ3n) is 3.57. The van der Waals surface area contributed by atoms with E-state index in [1.807, 2.05) is 48.5 Å². The minimum absolute atomic E-state index is 0.00546. The van der Waals surface area contributed by atoms with Gasteiger partial charge in [0.1, 0.15) is 12.1 Å². The molecule has 0 aliphatic rings. The van der Waals surface area contributed by atoms with Crippen LogP contribution in [-0.2, 0) is 11.3 Å². The lowest BCUT2D eigenvalue weighted by Gasteiger charge is -2.09. The number of anilines is 1. The van der Waals surface area contributed by atoms with Gasteiger partial charge in [-0.3, -0.25) is 4.79 Å². The van der Waals surface area contributed by atoms with E-state index in [-0.39, 0.29) is 5.91 Å². The van der Waals surface area contributed by atoms with Gasteiger partial charge in [0.15, 0.2) is 0 Å². The number of rotatable bonds is 6. The van der Waals surface area contributed by atoms with Crippen LogP contribution in [0.25, 0.3) is 10.9 Å². The minimum atomic E-state index is 0.00546. The molecule has 1 amide bonds. The highest BCUT2D eigenvalue weighted by Gasteiger charge is 2.06. The average Bonchev–Trinajstić information content (AvgIpc) is 2.61. The first-order valence-corrected chi connectivity index (χ1v) is 8.46. The number of halogens is 1. The zero-order chi connectivity index (χ0) is 16.8. The highest BCUT2D eigenvalue weighted by atomic mass is 79.9. The minimum Gasteiger partial charge on any atom is -0.369 e. The second kappa shape index (κ2) is 7.88. The van der Waals surface area contributed by atoms with Gasteiger partial charge in [-0.25, -0.2) is 9.97 Å². The summed E-state index contributed by atoms with van der Waals surface area (Å²) in [5.41, 5.74) is 1.95. The van der Waals surface area contributed by atoms with E-state index in [2.05, 4.69) is 36.5 Å². The Balaban J connectivity index is 1.53. The smallest absolute Gasteiger partial charge is 0.222 e. The fraction of sp³-hybridized carbons (Fsp3) is 0.167. The molecule has 2 N–H and O–H groups in total. The van der Waals surface area contributed by atoms with Gasteiger partial charge in [-0.1, -0.05) is 46.3 Å². The number of nitrogens with one attached hydrogen (secondary N) is 2. The number of hydrogen-bond donors (Lipinski definition) is 2. The van der Waals surface area contributed by atoms with Gasteiger partial charge in [-0.05, 0) is 23.8 Å². The van der Waals surface area contributed by atoms with E-state index in [1.54, 1.807) is 0 Å². The van der Waals surface area contributed by atoms with E-state index in [4.69, 9.17) is 0 Å². The fourth-order valence-corrected chi connectivity index (χ4v) is 2.71. The van der Waals surface area contributed by atoms with Crippen molar-refractivity contribution in [3.63, 3.8) is 0 Å². The molecule has 0 bridgehead atoms. The summed E-state index contributed by atoms with van der Waals surface area (Å²) in [7, 11) is 0. The molecule has 0 atom stereocenters. The van der Waals surface area contributed by atoms with Crippen LogP contribution in [0.15, 0.2) is 59.3 Å². The normalized spacial score (nSPS) is 10.5. The molecule has 0 aliphatic heterocycles. The molecule has 1 aromatic heterocycles. The lowest BCUT2D eigenvalue weighted by atomic mass is 10.2. The summed E-state index contributed by atoms with van der Waals surface area (Å²) < 4.78 is 0.966. The molecule has 0 unspecified atom stereocenters. The first-order chi connectivity index (χ1) is 11.7. The number of carbonyl (C=O) groups is 1. The predicted molar refractivity (Wildman–Crippen MR) is 98.6 cm³/mol. The first-order valence-electron chi connectivity index (χ1n) is 7.67. The van der Waals surface area contributed by atoms with Gasteiger partial charge in [0.25, 0.3) is 0 Å². The summed E-state index contributed by atoms with van der Waals surface area (Å²) in [4.78, 5) is 20.4. The molecule has 24 heavy (non-hydrogen) atoms. The SMILES string of the molecule is O=C(CCNc1ncnc2ccc(Br)cc12)NCc1ccccc1. The monoisotopic (exact) mass is 384 g/mol. The van der Waals surface area contributed by atoms with Crippen molar-refractivity contribution in [2.24, 2.45) is 0 Å². The van der Waals surface area contributed by atoms with Gasteiger partial charge < -0.3 is 10.6 Å². The van der Waals surface area contributed by atoms with Crippen LogP contribution in [0.3, 0.4) is 0 Å². The molecule has 3 aromatic rings. The summed E-state index contributed by atoms with van der Waals surface area (Å²) in [6, 6.07) is 15.7. The summed E-state index contributed by atoms with van der Waals surface area (Å²) in [5.74, 6) is 0.739. The molecule has 2 aromatic carbocycles. The Labute approximate surface area is 148 Å².